The molecule has 0 unspecified atom stereocenters. The number of nitriles is 1. The number of anilines is 1. The van der Waals surface area contributed by atoms with E-state index in [2.05, 4.69) is 20.9 Å². The van der Waals surface area contributed by atoms with Crippen LogP contribution in [0.3, 0.4) is 0 Å². The normalized spacial score (nSPS) is 14.8. The minimum absolute atomic E-state index is 0.213. The van der Waals surface area contributed by atoms with Crippen LogP contribution in [-0.2, 0) is 4.74 Å². The van der Waals surface area contributed by atoms with Gasteiger partial charge in [0.25, 0.3) is 0 Å². The Kier molecular flexibility index (Phi) is 4.00. The summed E-state index contributed by atoms with van der Waals surface area (Å²) >= 11 is 5.84. The van der Waals surface area contributed by atoms with E-state index in [1.807, 2.05) is 18.2 Å². The Hall–Kier alpha value is -2.16. The van der Waals surface area contributed by atoms with Crippen LogP contribution in [0.25, 0.3) is 11.3 Å². The van der Waals surface area contributed by atoms with Crippen LogP contribution in [0.1, 0.15) is 5.56 Å². The molecule has 1 fully saturated rings. The van der Waals surface area contributed by atoms with Crippen LogP contribution in [0, 0.1) is 11.3 Å². The van der Waals surface area contributed by atoms with E-state index in [1.165, 1.54) is 0 Å². The van der Waals surface area contributed by atoms with Crippen LogP contribution in [0.15, 0.2) is 30.5 Å². The molecule has 21 heavy (non-hydrogen) atoms. The van der Waals surface area contributed by atoms with Crippen molar-refractivity contribution in [3.8, 4) is 17.3 Å². The second kappa shape index (κ2) is 6.08. The highest BCUT2D eigenvalue weighted by Crippen LogP contribution is 2.28. The summed E-state index contributed by atoms with van der Waals surface area (Å²) in [4.78, 5) is 10.3. The molecule has 3 rings (SSSR count). The van der Waals surface area contributed by atoms with Crippen molar-refractivity contribution in [2.24, 2.45) is 0 Å². The standard InChI is InChI=1S/C15H13ClN4O/c16-15-18-4-3-13(19-15)11-1-2-12(10-17)14(9-11)20-5-7-21-8-6-20/h1-4,9H,5-8H2. The van der Waals surface area contributed by atoms with Gasteiger partial charge in [0.2, 0.25) is 5.28 Å². The molecule has 1 aliphatic rings. The number of ether oxygens (including phenoxy) is 1. The first kappa shape index (κ1) is 13.8. The summed E-state index contributed by atoms with van der Waals surface area (Å²) in [5, 5.41) is 9.51. The molecule has 0 N–H and O–H groups in total. The van der Waals surface area contributed by atoms with Gasteiger partial charge in [0.05, 0.1) is 30.2 Å². The van der Waals surface area contributed by atoms with Crippen LogP contribution in [0.2, 0.25) is 5.28 Å². The first-order valence-corrected chi connectivity index (χ1v) is 7.01. The second-order valence-electron chi connectivity index (χ2n) is 4.65. The maximum absolute atomic E-state index is 9.30. The molecule has 1 aliphatic heterocycles. The monoisotopic (exact) mass is 300 g/mol. The topological polar surface area (TPSA) is 62.0 Å². The Morgan fingerprint density at radius 3 is 2.76 bits per heavy atom. The van der Waals surface area contributed by atoms with E-state index in [1.54, 1.807) is 12.3 Å². The third-order valence-electron chi connectivity index (χ3n) is 3.39. The summed E-state index contributed by atoms with van der Waals surface area (Å²) in [6.45, 7) is 2.91. The van der Waals surface area contributed by atoms with Crippen molar-refractivity contribution < 1.29 is 4.74 Å². The summed E-state index contributed by atoms with van der Waals surface area (Å²) in [5.41, 5.74) is 3.22. The van der Waals surface area contributed by atoms with Crippen molar-refractivity contribution >= 4 is 17.3 Å². The molecule has 5 nitrogen and oxygen atoms in total. The lowest BCUT2D eigenvalue weighted by molar-refractivity contribution is 0.122. The number of morpholine rings is 1. The first-order valence-electron chi connectivity index (χ1n) is 6.64. The molecule has 2 heterocycles. The van der Waals surface area contributed by atoms with Crippen LogP contribution >= 0.6 is 11.6 Å². The first-order chi connectivity index (χ1) is 10.3. The second-order valence-corrected chi connectivity index (χ2v) is 4.99. The predicted molar refractivity (Wildman–Crippen MR) is 80.2 cm³/mol. The Morgan fingerprint density at radius 1 is 1.24 bits per heavy atom. The maximum Gasteiger partial charge on any atom is 0.222 e. The summed E-state index contributed by atoms with van der Waals surface area (Å²) in [7, 11) is 0. The van der Waals surface area contributed by atoms with E-state index in [4.69, 9.17) is 16.3 Å². The molecule has 0 spiro atoms. The van der Waals surface area contributed by atoms with Gasteiger partial charge in [-0.05, 0) is 29.8 Å². The van der Waals surface area contributed by atoms with E-state index < -0.39 is 0 Å². The molecule has 0 bridgehead atoms. The molecule has 0 radical (unpaired) electrons. The fourth-order valence-electron chi connectivity index (χ4n) is 2.35. The van der Waals surface area contributed by atoms with E-state index in [0.29, 0.717) is 18.8 Å². The van der Waals surface area contributed by atoms with E-state index in [-0.39, 0.29) is 5.28 Å². The van der Waals surface area contributed by atoms with Gasteiger partial charge in [0.1, 0.15) is 6.07 Å². The Labute approximate surface area is 127 Å². The van der Waals surface area contributed by atoms with Crippen LogP contribution in [0.4, 0.5) is 5.69 Å². The molecule has 1 aromatic heterocycles. The van der Waals surface area contributed by atoms with E-state index in [0.717, 1.165) is 30.0 Å². The number of rotatable bonds is 2. The zero-order chi connectivity index (χ0) is 14.7. The molecule has 0 saturated carbocycles. The molecule has 0 amide bonds. The number of hydrogen-bond donors (Lipinski definition) is 0. The van der Waals surface area contributed by atoms with Crippen LogP contribution in [-0.4, -0.2) is 36.3 Å². The number of hydrogen-bond acceptors (Lipinski definition) is 5. The highest BCUT2D eigenvalue weighted by Gasteiger charge is 2.16. The van der Waals surface area contributed by atoms with Crippen molar-refractivity contribution in [1.29, 1.82) is 5.26 Å². The highest BCUT2D eigenvalue weighted by molar-refractivity contribution is 6.28. The fraction of sp³-hybridized carbons (Fsp3) is 0.267. The van der Waals surface area contributed by atoms with Gasteiger partial charge in [0.15, 0.2) is 0 Å². The third kappa shape index (κ3) is 2.97. The Balaban J connectivity index is 2.02. The number of nitrogens with zero attached hydrogens (tertiary/aromatic N) is 4. The highest BCUT2D eigenvalue weighted by atomic mass is 35.5. The number of halogens is 1. The average Bonchev–Trinajstić information content (AvgIpc) is 2.55. The number of aromatic nitrogens is 2. The van der Waals surface area contributed by atoms with Gasteiger partial charge in [-0.2, -0.15) is 5.26 Å². The van der Waals surface area contributed by atoms with Crippen molar-refractivity contribution in [1.82, 2.24) is 9.97 Å². The third-order valence-corrected chi connectivity index (χ3v) is 3.57. The smallest absolute Gasteiger partial charge is 0.222 e. The molecule has 106 valence electrons. The summed E-state index contributed by atoms with van der Waals surface area (Å²) < 4.78 is 5.36. The largest absolute Gasteiger partial charge is 0.378 e. The van der Waals surface area contributed by atoms with Gasteiger partial charge in [-0.3, -0.25) is 0 Å². The van der Waals surface area contributed by atoms with Gasteiger partial charge >= 0.3 is 0 Å². The molecular formula is C15H13ClN4O. The van der Waals surface area contributed by atoms with Gasteiger partial charge < -0.3 is 9.64 Å². The van der Waals surface area contributed by atoms with Crippen LogP contribution < -0.4 is 4.90 Å². The maximum atomic E-state index is 9.30. The quantitative estimate of drug-likeness (QED) is 0.798. The van der Waals surface area contributed by atoms with Crippen molar-refractivity contribution in [2.45, 2.75) is 0 Å². The molecular weight excluding hydrogens is 288 g/mol. The lowest BCUT2D eigenvalue weighted by Crippen LogP contribution is -2.36. The molecule has 2 aromatic rings. The summed E-state index contributed by atoms with van der Waals surface area (Å²) in [5.74, 6) is 0. The van der Waals surface area contributed by atoms with Crippen LogP contribution in [0.5, 0.6) is 0 Å². The Morgan fingerprint density at radius 2 is 2.05 bits per heavy atom. The van der Waals surface area contributed by atoms with Gasteiger partial charge in [-0.1, -0.05) is 6.07 Å². The molecule has 1 saturated heterocycles. The lowest BCUT2D eigenvalue weighted by Gasteiger charge is -2.29. The van der Waals surface area contributed by atoms with Gasteiger partial charge in [0, 0.05) is 24.8 Å². The lowest BCUT2D eigenvalue weighted by atomic mass is 10.1. The average molecular weight is 301 g/mol. The van der Waals surface area contributed by atoms with Crippen molar-refractivity contribution in [2.75, 3.05) is 31.2 Å². The summed E-state index contributed by atoms with van der Waals surface area (Å²) in [6.07, 6.45) is 1.62. The van der Waals surface area contributed by atoms with Crippen molar-refractivity contribution in [3.63, 3.8) is 0 Å². The van der Waals surface area contributed by atoms with E-state index >= 15 is 0 Å². The fourth-order valence-corrected chi connectivity index (χ4v) is 2.49. The van der Waals surface area contributed by atoms with Gasteiger partial charge in [-0.25, -0.2) is 9.97 Å². The van der Waals surface area contributed by atoms with Gasteiger partial charge in [-0.15, -0.1) is 0 Å². The minimum atomic E-state index is 0.213. The van der Waals surface area contributed by atoms with Crippen molar-refractivity contribution in [3.05, 3.63) is 41.3 Å². The SMILES string of the molecule is N#Cc1ccc(-c2ccnc(Cl)n2)cc1N1CCOCC1. The zero-order valence-electron chi connectivity index (χ0n) is 11.3. The Bertz CT molecular complexity index is 692. The summed E-state index contributed by atoms with van der Waals surface area (Å²) in [6, 6.07) is 9.71. The molecule has 0 aliphatic carbocycles. The molecule has 0 atom stereocenters. The number of benzene rings is 1. The predicted octanol–water partition coefficient (Wildman–Crippen LogP) is 2.51. The molecule has 1 aromatic carbocycles. The van der Waals surface area contributed by atoms with E-state index in [9.17, 15) is 5.26 Å². The zero-order valence-corrected chi connectivity index (χ0v) is 12.0. The molecule has 6 heteroatoms. The minimum Gasteiger partial charge on any atom is -0.378 e.